The molecule has 0 saturated heterocycles. The van der Waals surface area contributed by atoms with E-state index in [4.69, 9.17) is 4.74 Å². The highest BCUT2D eigenvalue weighted by Crippen LogP contribution is 2.44. The minimum atomic E-state index is 0.260. The van der Waals surface area contributed by atoms with Crippen molar-refractivity contribution < 1.29 is 4.74 Å². The van der Waals surface area contributed by atoms with Gasteiger partial charge in [-0.05, 0) is 57.2 Å². The molecule has 0 unspecified atom stereocenters. The summed E-state index contributed by atoms with van der Waals surface area (Å²) in [4.78, 5) is 2.51. The van der Waals surface area contributed by atoms with E-state index in [0.717, 1.165) is 12.3 Å². The summed E-state index contributed by atoms with van der Waals surface area (Å²) in [7, 11) is 0. The molecule has 1 heterocycles. The second kappa shape index (κ2) is 5.07. The molecule has 0 fully saturated rings. The van der Waals surface area contributed by atoms with Crippen LogP contribution in [0, 0.1) is 13.8 Å². The molecule has 0 bridgehead atoms. The Balaban J connectivity index is 2.68. The first-order valence-corrected chi connectivity index (χ1v) is 7.40. The molecule has 2 rings (SSSR count). The third kappa shape index (κ3) is 2.45. The van der Waals surface area contributed by atoms with E-state index in [1.165, 1.54) is 22.4 Å². The molecule has 0 aromatic heterocycles. The first-order chi connectivity index (χ1) is 8.82. The number of ether oxygens (including phenoxy) is 1. The lowest BCUT2D eigenvalue weighted by molar-refractivity contribution is 0.207. The summed E-state index contributed by atoms with van der Waals surface area (Å²) in [5, 5.41) is 0. The second-order valence-corrected chi connectivity index (χ2v) is 6.41. The molecule has 1 aromatic carbocycles. The van der Waals surface area contributed by atoms with Crippen molar-refractivity contribution in [3.63, 3.8) is 0 Å². The molecule has 0 N–H and O–H groups in total. The van der Waals surface area contributed by atoms with E-state index in [1.807, 2.05) is 0 Å². The monoisotopic (exact) mass is 261 g/mol. The standard InChI is InChI=1S/C17H27NO/c1-10(2)15-8-12(5)14(7)17-16(15)18(11(3)4)9-13(6)19-17/h8,10-11,13H,9H2,1-7H3/t13-/m1/s1. The lowest BCUT2D eigenvalue weighted by atomic mass is 9.92. The van der Waals surface area contributed by atoms with Crippen LogP contribution in [0.25, 0.3) is 0 Å². The van der Waals surface area contributed by atoms with Gasteiger partial charge in [0.15, 0.2) is 0 Å². The molecule has 1 atom stereocenters. The summed E-state index contributed by atoms with van der Waals surface area (Å²) >= 11 is 0. The van der Waals surface area contributed by atoms with E-state index in [1.54, 1.807) is 0 Å². The Morgan fingerprint density at radius 2 is 1.84 bits per heavy atom. The van der Waals surface area contributed by atoms with Crippen molar-refractivity contribution in [1.82, 2.24) is 0 Å². The summed E-state index contributed by atoms with van der Waals surface area (Å²) in [6.07, 6.45) is 0.260. The van der Waals surface area contributed by atoms with Crippen molar-refractivity contribution in [2.45, 2.75) is 66.5 Å². The van der Waals surface area contributed by atoms with Crippen LogP contribution in [0.1, 0.15) is 57.2 Å². The van der Waals surface area contributed by atoms with Crippen LogP contribution in [-0.2, 0) is 0 Å². The van der Waals surface area contributed by atoms with Crippen molar-refractivity contribution in [3.8, 4) is 5.75 Å². The highest BCUT2D eigenvalue weighted by Gasteiger charge is 2.30. The number of nitrogens with zero attached hydrogens (tertiary/aromatic N) is 1. The van der Waals surface area contributed by atoms with Crippen molar-refractivity contribution in [3.05, 3.63) is 22.8 Å². The van der Waals surface area contributed by atoms with Gasteiger partial charge in [0.1, 0.15) is 11.9 Å². The van der Waals surface area contributed by atoms with Crippen LogP contribution >= 0.6 is 0 Å². The third-order valence-corrected chi connectivity index (χ3v) is 4.10. The van der Waals surface area contributed by atoms with Gasteiger partial charge in [-0.15, -0.1) is 0 Å². The lowest BCUT2D eigenvalue weighted by Crippen LogP contribution is -2.43. The molecular weight excluding hydrogens is 234 g/mol. The lowest BCUT2D eigenvalue weighted by Gasteiger charge is -2.40. The number of fused-ring (bicyclic) bond motifs is 1. The zero-order valence-corrected chi connectivity index (χ0v) is 13.4. The summed E-state index contributed by atoms with van der Waals surface area (Å²) in [6.45, 7) is 16.6. The number of anilines is 1. The van der Waals surface area contributed by atoms with E-state index >= 15 is 0 Å². The third-order valence-electron chi connectivity index (χ3n) is 4.10. The van der Waals surface area contributed by atoms with Gasteiger partial charge in [0.25, 0.3) is 0 Å². The highest BCUT2D eigenvalue weighted by molar-refractivity contribution is 5.71. The van der Waals surface area contributed by atoms with E-state index in [9.17, 15) is 0 Å². The summed E-state index contributed by atoms with van der Waals surface area (Å²) in [5.41, 5.74) is 5.36. The van der Waals surface area contributed by atoms with Crippen molar-refractivity contribution >= 4 is 5.69 Å². The molecule has 0 radical (unpaired) electrons. The van der Waals surface area contributed by atoms with Crippen molar-refractivity contribution in [1.29, 1.82) is 0 Å². The van der Waals surface area contributed by atoms with E-state index < -0.39 is 0 Å². The second-order valence-electron chi connectivity index (χ2n) is 6.41. The zero-order chi connectivity index (χ0) is 14.3. The number of aryl methyl sites for hydroxylation is 1. The Hall–Kier alpha value is -1.18. The highest BCUT2D eigenvalue weighted by atomic mass is 16.5. The van der Waals surface area contributed by atoms with Gasteiger partial charge in [-0.1, -0.05) is 19.9 Å². The average molecular weight is 261 g/mol. The van der Waals surface area contributed by atoms with Gasteiger partial charge in [0, 0.05) is 6.04 Å². The minimum Gasteiger partial charge on any atom is -0.486 e. The normalized spacial score (nSPS) is 18.8. The molecule has 0 amide bonds. The largest absolute Gasteiger partial charge is 0.486 e. The number of benzene rings is 1. The first-order valence-electron chi connectivity index (χ1n) is 7.40. The van der Waals surface area contributed by atoms with Gasteiger partial charge >= 0.3 is 0 Å². The molecule has 0 aliphatic carbocycles. The fraction of sp³-hybridized carbons (Fsp3) is 0.647. The van der Waals surface area contributed by atoms with Crippen LogP contribution in [0.15, 0.2) is 6.07 Å². The van der Waals surface area contributed by atoms with E-state index in [0.29, 0.717) is 12.0 Å². The van der Waals surface area contributed by atoms with Crippen LogP contribution in [-0.4, -0.2) is 18.7 Å². The smallest absolute Gasteiger partial charge is 0.146 e. The Morgan fingerprint density at radius 1 is 1.21 bits per heavy atom. The molecule has 1 aromatic rings. The quantitative estimate of drug-likeness (QED) is 0.781. The molecule has 106 valence electrons. The Labute approximate surface area is 117 Å². The summed E-state index contributed by atoms with van der Waals surface area (Å²) in [5.74, 6) is 1.63. The van der Waals surface area contributed by atoms with Gasteiger partial charge in [-0.2, -0.15) is 0 Å². The molecule has 1 aliphatic heterocycles. The average Bonchev–Trinajstić information content (AvgIpc) is 2.32. The molecule has 1 aliphatic rings. The topological polar surface area (TPSA) is 12.5 Å². The number of hydrogen-bond donors (Lipinski definition) is 0. The first kappa shape index (κ1) is 14.2. The fourth-order valence-electron chi connectivity index (χ4n) is 2.85. The van der Waals surface area contributed by atoms with Crippen molar-refractivity contribution in [2.24, 2.45) is 0 Å². The van der Waals surface area contributed by atoms with Crippen LogP contribution in [0.3, 0.4) is 0 Å². The van der Waals surface area contributed by atoms with Crippen LogP contribution in [0.2, 0.25) is 0 Å². The molecule has 0 saturated carbocycles. The number of hydrogen-bond acceptors (Lipinski definition) is 2. The van der Waals surface area contributed by atoms with E-state index in [2.05, 4.69) is 59.4 Å². The maximum absolute atomic E-state index is 6.17. The Kier molecular flexibility index (Phi) is 3.80. The Bertz CT molecular complexity index is 477. The predicted molar refractivity (Wildman–Crippen MR) is 82.6 cm³/mol. The molecular formula is C17H27NO. The maximum atomic E-state index is 6.17. The number of rotatable bonds is 2. The van der Waals surface area contributed by atoms with Crippen LogP contribution in [0.5, 0.6) is 5.75 Å². The van der Waals surface area contributed by atoms with Crippen LogP contribution < -0.4 is 9.64 Å². The van der Waals surface area contributed by atoms with Crippen molar-refractivity contribution in [2.75, 3.05) is 11.4 Å². The predicted octanol–water partition coefficient (Wildman–Crippen LogP) is 4.42. The molecule has 19 heavy (non-hydrogen) atoms. The van der Waals surface area contributed by atoms with Gasteiger partial charge in [-0.25, -0.2) is 0 Å². The molecule has 2 nitrogen and oxygen atoms in total. The zero-order valence-electron chi connectivity index (χ0n) is 13.4. The van der Waals surface area contributed by atoms with Gasteiger partial charge < -0.3 is 9.64 Å². The minimum absolute atomic E-state index is 0.260. The Morgan fingerprint density at radius 3 is 2.37 bits per heavy atom. The SMILES string of the molecule is Cc1cc(C(C)C)c2c(c1C)O[C@H](C)CN2C(C)C. The van der Waals surface area contributed by atoms with Crippen LogP contribution in [0.4, 0.5) is 5.69 Å². The maximum Gasteiger partial charge on any atom is 0.146 e. The van der Waals surface area contributed by atoms with Gasteiger partial charge in [0.05, 0.1) is 12.2 Å². The molecule has 2 heteroatoms. The van der Waals surface area contributed by atoms with Gasteiger partial charge in [-0.3, -0.25) is 0 Å². The van der Waals surface area contributed by atoms with Gasteiger partial charge in [0.2, 0.25) is 0 Å². The molecule has 0 spiro atoms. The fourth-order valence-corrected chi connectivity index (χ4v) is 2.85. The summed E-state index contributed by atoms with van der Waals surface area (Å²) in [6, 6.07) is 2.85. The van der Waals surface area contributed by atoms with E-state index in [-0.39, 0.29) is 6.10 Å². The summed E-state index contributed by atoms with van der Waals surface area (Å²) < 4.78 is 6.17.